The van der Waals surface area contributed by atoms with Gasteiger partial charge in [0.2, 0.25) is 0 Å². The minimum atomic E-state index is -0.207. The van der Waals surface area contributed by atoms with Gasteiger partial charge in [0.1, 0.15) is 0 Å². The maximum absolute atomic E-state index is 11.0. The summed E-state index contributed by atoms with van der Waals surface area (Å²) < 4.78 is 4.60. The van der Waals surface area contributed by atoms with Crippen molar-refractivity contribution in [2.24, 2.45) is 0 Å². The van der Waals surface area contributed by atoms with Crippen LogP contribution in [0.5, 0.6) is 0 Å². The van der Waals surface area contributed by atoms with E-state index in [-0.39, 0.29) is 5.97 Å². The van der Waals surface area contributed by atoms with Crippen LogP contribution in [0.4, 0.5) is 0 Å². The van der Waals surface area contributed by atoms with Crippen molar-refractivity contribution in [3.8, 4) is 6.07 Å². The summed E-state index contributed by atoms with van der Waals surface area (Å²) in [4.78, 5) is 11.0. The van der Waals surface area contributed by atoms with Crippen LogP contribution in [0.25, 0.3) is 0 Å². The Morgan fingerprint density at radius 3 is 2.62 bits per heavy atom. The van der Waals surface area contributed by atoms with Crippen molar-refractivity contribution in [2.75, 3.05) is 7.11 Å². The summed E-state index contributed by atoms with van der Waals surface area (Å²) in [5.74, 6) is -0.207. The normalized spacial score (nSPS) is 9.62. The number of methoxy groups -OCH3 is 1. The first-order valence-corrected chi connectivity index (χ1v) is 5.15. The molecule has 3 nitrogen and oxygen atoms in total. The number of nitrogens with zero attached hydrogens (tertiary/aromatic N) is 1. The fourth-order valence-corrected chi connectivity index (χ4v) is 1.60. The number of rotatable bonds is 3. The smallest absolute Gasteiger partial charge is 0.305 e. The number of nitriles is 1. The molecule has 0 amide bonds. The van der Waals surface area contributed by atoms with Crippen molar-refractivity contribution in [1.82, 2.24) is 0 Å². The SMILES string of the molecule is COC(=O)CCc1cc(C)c(C#N)cc1C. The van der Waals surface area contributed by atoms with E-state index >= 15 is 0 Å². The highest BCUT2D eigenvalue weighted by atomic mass is 16.5. The molecule has 0 bridgehead atoms. The predicted octanol–water partition coefficient (Wildman–Crippen LogP) is 2.28. The number of hydrogen-bond donors (Lipinski definition) is 0. The first-order chi connectivity index (χ1) is 7.58. The lowest BCUT2D eigenvalue weighted by atomic mass is 9.97. The second-order valence-electron chi connectivity index (χ2n) is 3.78. The lowest BCUT2D eigenvalue weighted by Crippen LogP contribution is -2.03. The summed E-state index contributed by atoms with van der Waals surface area (Å²) in [6.07, 6.45) is 1.04. The topological polar surface area (TPSA) is 50.1 Å². The largest absolute Gasteiger partial charge is 0.469 e. The number of carbonyl (C=O) groups is 1. The van der Waals surface area contributed by atoms with E-state index < -0.39 is 0 Å². The first kappa shape index (κ1) is 12.3. The van der Waals surface area contributed by atoms with Gasteiger partial charge < -0.3 is 4.74 Å². The molecule has 0 aromatic heterocycles. The molecule has 0 aliphatic heterocycles. The number of esters is 1. The van der Waals surface area contributed by atoms with Crippen molar-refractivity contribution in [2.45, 2.75) is 26.7 Å². The third-order valence-corrected chi connectivity index (χ3v) is 2.63. The summed E-state index contributed by atoms with van der Waals surface area (Å²) >= 11 is 0. The molecule has 16 heavy (non-hydrogen) atoms. The number of carbonyl (C=O) groups excluding carboxylic acids is 1. The summed E-state index contributed by atoms with van der Waals surface area (Å²) in [5, 5.41) is 8.87. The Labute approximate surface area is 95.7 Å². The molecule has 0 radical (unpaired) electrons. The minimum Gasteiger partial charge on any atom is -0.469 e. The lowest BCUT2D eigenvalue weighted by molar-refractivity contribution is -0.140. The zero-order chi connectivity index (χ0) is 12.1. The van der Waals surface area contributed by atoms with E-state index in [1.807, 2.05) is 26.0 Å². The Kier molecular flexibility index (Phi) is 4.07. The molecule has 0 fully saturated rings. The van der Waals surface area contributed by atoms with Gasteiger partial charge in [-0.05, 0) is 43.0 Å². The molecule has 0 unspecified atom stereocenters. The molecule has 3 heteroatoms. The fraction of sp³-hybridized carbons (Fsp3) is 0.385. The van der Waals surface area contributed by atoms with Gasteiger partial charge >= 0.3 is 5.97 Å². The van der Waals surface area contributed by atoms with Gasteiger partial charge in [0.15, 0.2) is 0 Å². The van der Waals surface area contributed by atoms with Gasteiger partial charge in [0.05, 0.1) is 18.7 Å². The van der Waals surface area contributed by atoms with E-state index in [1.165, 1.54) is 7.11 Å². The van der Waals surface area contributed by atoms with Crippen LogP contribution in [0, 0.1) is 25.2 Å². The van der Waals surface area contributed by atoms with E-state index in [9.17, 15) is 4.79 Å². The van der Waals surface area contributed by atoms with Gasteiger partial charge in [-0.1, -0.05) is 6.07 Å². The molecule has 0 spiro atoms. The van der Waals surface area contributed by atoms with Gasteiger partial charge in [0, 0.05) is 6.42 Å². The summed E-state index contributed by atoms with van der Waals surface area (Å²) in [6.45, 7) is 3.85. The fourth-order valence-electron chi connectivity index (χ4n) is 1.60. The molecule has 0 aliphatic rings. The highest BCUT2D eigenvalue weighted by molar-refractivity contribution is 5.69. The van der Waals surface area contributed by atoms with Gasteiger partial charge in [-0.3, -0.25) is 4.79 Å². The van der Waals surface area contributed by atoms with Crippen LogP contribution >= 0.6 is 0 Å². The zero-order valence-electron chi connectivity index (χ0n) is 9.83. The molecule has 1 aromatic rings. The van der Waals surface area contributed by atoms with Crippen LogP contribution in [0.15, 0.2) is 12.1 Å². The Bertz CT molecular complexity index is 444. The molecule has 0 saturated heterocycles. The minimum absolute atomic E-state index is 0.207. The van der Waals surface area contributed by atoms with Crippen molar-refractivity contribution in [3.63, 3.8) is 0 Å². The molecule has 1 rings (SSSR count). The van der Waals surface area contributed by atoms with E-state index in [0.29, 0.717) is 18.4 Å². The van der Waals surface area contributed by atoms with Crippen LogP contribution in [0.3, 0.4) is 0 Å². The molecule has 0 heterocycles. The number of hydrogen-bond acceptors (Lipinski definition) is 3. The Morgan fingerprint density at radius 1 is 1.38 bits per heavy atom. The first-order valence-electron chi connectivity index (χ1n) is 5.15. The molecule has 0 atom stereocenters. The highest BCUT2D eigenvalue weighted by Crippen LogP contribution is 2.17. The monoisotopic (exact) mass is 217 g/mol. The van der Waals surface area contributed by atoms with Gasteiger partial charge in [-0.2, -0.15) is 5.26 Å². The standard InChI is InChI=1S/C13H15NO2/c1-9-7-12(8-14)10(2)6-11(9)4-5-13(15)16-3/h6-7H,4-5H2,1-3H3. The second-order valence-corrected chi connectivity index (χ2v) is 3.78. The maximum Gasteiger partial charge on any atom is 0.305 e. The summed E-state index contributed by atoms with van der Waals surface area (Å²) in [5.41, 5.74) is 3.79. The molecular formula is C13H15NO2. The molecule has 0 aliphatic carbocycles. The van der Waals surface area contributed by atoms with Crippen LogP contribution in [-0.4, -0.2) is 13.1 Å². The molecule has 1 aromatic carbocycles. The second kappa shape index (κ2) is 5.32. The van der Waals surface area contributed by atoms with Crippen LogP contribution in [0.1, 0.15) is 28.7 Å². The number of aryl methyl sites for hydroxylation is 3. The van der Waals surface area contributed by atoms with Gasteiger partial charge in [-0.25, -0.2) is 0 Å². The third kappa shape index (κ3) is 2.83. The molecule has 0 saturated carbocycles. The average Bonchev–Trinajstić information content (AvgIpc) is 2.29. The van der Waals surface area contributed by atoms with E-state index in [1.54, 1.807) is 0 Å². The van der Waals surface area contributed by atoms with Gasteiger partial charge in [0.25, 0.3) is 0 Å². The quantitative estimate of drug-likeness (QED) is 0.730. The van der Waals surface area contributed by atoms with Crippen molar-refractivity contribution in [1.29, 1.82) is 5.26 Å². The van der Waals surface area contributed by atoms with Gasteiger partial charge in [-0.15, -0.1) is 0 Å². The maximum atomic E-state index is 11.0. The van der Waals surface area contributed by atoms with Crippen LogP contribution in [-0.2, 0) is 16.0 Å². The lowest BCUT2D eigenvalue weighted by Gasteiger charge is -2.07. The van der Waals surface area contributed by atoms with E-state index in [0.717, 1.165) is 16.7 Å². The van der Waals surface area contributed by atoms with E-state index in [4.69, 9.17) is 5.26 Å². The Morgan fingerprint density at radius 2 is 2.06 bits per heavy atom. The van der Waals surface area contributed by atoms with Crippen LogP contribution in [0.2, 0.25) is 0 Å². The molecule has 0 N–H and O–H groups in total. The summed E-state index contributed by atoms with van der Waals surface area (Å²) in [6, 6.07) is 5.98. The number of ether oxygens (including phenoxy) is 1. The van der Waals surface area contributed by atoms with E-state index in [2.05, 4.69) is 10.8 Å². The third-order valence-electron chi connectivity index (χ3n) is 2.63. The van der Waals surface area contributed by atoms with Crippen molar-refractivity contribution >= 4 is 5.97 Å². The average molecular weight is 217 g/mol. The van der Waals surface area contributed by atoms with Crippen molar-refractivity contribution < 1.29 is 9.53 Å². The molecular weight excluding hydrogens is 202 g/mol. The predicted molar refractivity (Wildman–Crippen MR) is 61.0 cm³/mol. The number of benzene rings is 1. The summed E-state index contributed by atoms with van der Waals surface area (Å²) in [7, 11) is 1.39. The Balaban J connectivity index is 2.86. The molecule has 84 valence electrons. The van der Waals surface area contributed by atoms with Crippen LogP contribution < -0.4 is 0 Å². The Hall–Kier alpha value is -1.82. The van der Waals surface area contributed by atoms with Crippen molar-refractivity contribution in [3.05, 3.63) is 34.4 Å². The highest BCUT2D eigenvalue weighted by Gasteiger charge is 2.06. The zero-order valence-corrected chi connectivity index (χ0v) is 9.83.